The van der Waals surface area contributed by atoms with Crippen LogP contribution < -0.4 is 0 Å². The highest BCUT2D eigenvalue weighted by Gasteiger charge is 2.28. The minimum Gasteiger partial charge on any atom is -0.378 e. The van der Waals surface area contributed by atoms with Gasteiger partial charge in [-0.25, -0.2) is 9.78 Å². The molecule has 0 aromatic heterocycles. The van der Waals surface area contributed by atoms with Gasteiger partial charge in [0.25, 0.3) is 0 Å². The van der Waals surface area contributed by atoms with E-state index in [4.69, 9.17) is 9.78 Å². The molecule has 104 valence electrons. The molecule has 1 aliphatic carbocycles. The van der Waals surface area contributed by atoms with Crippen molar-refractivity contribution in [3.63, 3.8) is 0 Å². The molecule has 0 atom stereocenters. The van der Waals surface area contributed by atoms with Crippen LogP contribution in [0.15, 0.2) is 0 Å². The molecule has 18 heavy (non-hydrogen) atoms. The van der Waals surface area contributed by atoms with E-state index in [1.807, 2.05) is 34.6 Å². The number of hydrogen-bond donors (Lipinski definition) is 1. The Morgan fingerprint density at radius 1 is 0.944 bits per heavy atom. The summed E-state index contributed by atoms with van der Waals surface area (Å²) in [6.07, 6.45) is 4.80. The molecule has 1 N–H and O–H groups in total. The summed E-state index contributed by atoms with van der Waals surface area (Å²) < 4.78 is 0. The molecule has 0 aromatic carbocycles. The first-order valence-electron chi connectivity index (χ1n) is 6.76. The normalized spacial score (nSPS) is 20.1. The van der Waals surface area contributed by atoms with Gasteiger partial charge >= 0.3 is 0 Å². The third kappa shape index (κ3) is 5.86. The van der Waals surface area contributed by atoms with Crippen molar-refractivity contribution in [3.8, 4) is 11.8 Å². The van der Waals surface area contributed by atoms with Gasteiger partial charge in [-0.1, -0.05) is 18.3 Å². The molecular weight excluding hydrogens is 228 g/mol. The lowest BCUT2D eigenvalue weighted by Crippen LogP contribution is -2.32. The lowest BCUT2D eigenvalue weighted by molar-refractivity contribution is -0.384. The minimum absolute atomic E-state index is 0.360. The lowest BCUT2D eigenvalue weighted by Gasteiger charge is -2.28. The Kier molecular flexibility index (Phi) is 4.83. The average Bonchev–Trinajstić information content (AvgIpc) is 2.25. The average molecular weight is 254 g/mol. The Morgan fingerprint density at radius 3 is 2.00 bits per heavy atom. The molecule has 3 heteroatoms. The van der Waals surface area contributed by atoms with Crippen LogP contribution in [0.4, 0.5) is 0 Å². The molecule has 0 unspecified atom stereocenters. The van der Waals surface area contributed by atoms with Gasteiger partial charge in [0, 0.05) is 0 Å². The van der Waals surface area contributed by atoms with Crippen molar-refractivity contribution in [2.24, 2.45) is 0 Å². The van der Waals surface area contributed by atoms with Crippen molar-refractivity contribution in [1.82, 2.24) is 0 Å². The van der Waals surface area contributed by atoms with Crippen LogP contribution in [0, 0.1) is 11.8 Å². The summed E-state index contributed by atoms with van der Waals surface area (Å²) in [6.45, 7) is 9.46. The van der Waals surface area contributed by atoms with Gasteiger partial charge in [0.2, 0.25) is 0 Å². The Labute approximate surface area is 111 Å². The topological polar surface area (TPSA) is 38.7 Å². The highest BCUT2D eigenvalue weighted by molar-refractivity contribution is 5.20. The Balaban J connectivity index is 2.59. The number of hydrogen-bond acceptors (Lipinski definition) is 3. The summed E-state index contributed by atoms with van der Waals surface area (Å²) in [5.41, 5.74) is -1.90. The summed E-state index contributed by atoms with van der Waals surface area (Å²) in [6, 6.07) is 0. The van der Waals surface area contributed by atoms with Crippen LogP contribution in [0.2, 0.25) is 0 Å². The predicted octanol–water partition coefficient (Wildman–Crippen LogP) is 3.21. The second kappa shape index (κ2) is 5.61. The van der Waals surface area contributed by atoms with E-state index in [9.17, 15) is 5.11 Å². The third-order valence-electron chi connectivity index (χ3n) is 2.78. The first-order valence-corrected chi connectivity index (χ1v) is 6.76. The Hall–Kier alpha value is -0.560. The first kappa shape index (κ1) is 15.5. The fraction of sp³-hybridized carbons (Fsp3) is 0.867. The molecule has 0 saturated heterocycles. The fourth-order valence-corrected chi connectivity index (χ4v) is 1.78. The van der Waals surface area contributed by atoms with Crippen molar-refractivity contribution in [2.45, 2.75) is 83.5 Å². The summed E-state index contributed by atoms with van der Waals surface area (Å²) in [4.78, 5) is 10.6. The Morgan fingerprint density at radius 2 is 1.50 bits per heavy atom. The monoisotopic (exact) mass is 254 g/mol. The van der Waals surface area contributed by atoms with Crippen molar-refractivity contribution >= 4 is 0 Å². The summed E-state index contributed by atoms with van der Waals surface area (Å²) in [5.74, 6) is 5.97. The molecule has 0 bridgehead atoms. The smallest absolute Gasteiger partial charge is 0.158 e. The minimum atomic E-state index is -0.833. The summed E-state index contributed by atoms with van der Waals surface area (Å²) in [7, 11) is 0. The molecule has 0 amide bonds. The SMILES string of the molecule is CC(C)(C)OOC(C)(C)C#CC1(O)CCCCC1. The molecule has 0 radical (unpaired) electrons. The maximum absolute atomic E-state index is 10.3. The van der Waals surface area contributed by atoms with Crippen LogP contribution >= 0.6 is 0 Å². The van der Waals surface area contributed by atoms with Gasteiger partial charge < -0.3 is 5.11 Å². The van der Waals surface area contributed by atoms with Gasteiger partial charge in [-0.3, -0.25) is 0 Å². The van der Waals surface area contributed by atoms with Crippen LogP contribution in [0.3, 0.4) is 0 Å². The molecule has 1 saturated carbocycles. The molecule has 3 nitrogen and oxygen atoms in total. The molecule has 0 heterocycles. The predicted molar refractivity (Wildman–Crippen MR) is 71.8 cm³/mol. The second-order valence-electron chi connectivity index (χ2n) is 6.63. The van der Waals surface area contributed by atoms with Crippen molar-refractivity contribution in [3.05, 3.63) is 0 Å². The maximum Gasteiger partial charge on any atom is 0.158 e. The summed E-state index contributed by atoms with van der Waals surface area (Å²) in [5, 5.41) is 10.3. The van der Waals surface area contributed by atoms with Crippen molar-refractivity contribution in [2.75, 3.05) is 0 Å². The first-order chi connectivity index (χ1) is 8.12. The molecular formula is C15H26O3. The van der Waals surface area contributed by atoms with Gasteiger partial charge in [0.15, 0.2) is 5.60 Å². The maximum atomic E-state index is 10.3. The van der Waals surface area contributed by atoms with Gasteiger partial charge in [0.05, 0.1) is 5.60 Å². The fourth-order valence-electron chi connectivity index (χ4n) is 1.78. The van der Waals surface area contributed by atoms with E-state index < -0.39 is 11.2 Å². The van der Waals surface area contributed by atoms with Crippen LogP contribution in [0.25, 0.3) is 0 Å². The quantitative estimate of drug-likeness (QED) is 0.467. The van der Waals surface area contributed by atoms with Crippen molar-refractivity contribution < 1.29 is 14.9 Å². The highest BCUT2D eigenvalue weighted by Crippen LogP contribution is 2.27. The van der Waals surface area contributed by atoms with Crippen LogP contribution in [-0.4, -0.2) is 21.9 Å². The summed E-state index contributed by atoms with van der Waals surface area (Å²) >= 11 is 0. The van der Waals surface area contributed by atoms with E-state index in [0.717, 1.165) is 25.7 Å². The Bertz CT molecular complexity index is 322. The number of aliphatic hydroxyl groups is 1. The second-order valence-corrected chi connectivity index (χ2v) is 6.63. The zero-order valence-electron chi connectivity index (χ0n) is 12.3. The standard InChI is InChI=1S/C15H26O3/c1-13(2,3)17-18-14(4,5)11-12-15(16)9-7-6-8-10-15/h16H,6-10H2,1-5H3. The van der Waals surface area contributed by atoms with E-state index in [-0.39, 0.29) is 5.60 Å². The highest BCUT2D eigenvalue weighted by atomic mass is 17.2. The van der Waals surface area contributed by atoms with E-state index in [0.29, 0.717) is 0 Å². The van der Waals surface area contributed by atoms with Crippen molar-refractivity contribution in [1.29, 1.82) is 0 Å². The van der Waals surface area contributed by atoms with E-state index in [1.54, 1.807) is 0 Å². The largest absolute Gasteiger partial charge is 0.378 e. The van der Waals surface area contributed by atoms with E-state index >= 15 is 0 Å². The lowest BCUT2D eigenvalue weighted by atomic mass is 9.85. The molecule has 1 fully saturated rings. The third-order valence-corrected chi connectivity index (χ3v) is 2.78. The zero-order chi connectivity index (χ0) is 13.9. The van der Waals surface area contributed by atoms with E-state index in [1.165, 1.54) is 6.42 Å². The molecule has 0 spiro atoms. The number of rotatable bonds is 2. The van der Waals surface area contributed by atoms with Gasteiger partial charge in [0.1, 0.15) is 5.60 Å². The molecule has 1 aliphatic rings. The van der Waals surface area contributed by atoms with Gasteiger partial charge in [-0.2, -0.15) is 0 Å². The van der Waals surface area contributed by atoms with Gasteiger partial charge in [-0.05, 0) is 60.3 Å². The van der Waals surface area contributed by atoms with Crippen LogP contribution in [0.1, 0.15) is 66.7 Å². The van der Waals surface area contributed by atoms with E-state index in [2.05, 4.69) is 11.8 Å². The molecule has 0 aliphatic heterocycles. The molecule has 0 aromatic rings. The molecule has 1 rings (SSSR count). The van der Waals surface area contributed by atoms with Crippen LogP contribution in [-0.2, 0) is 9.78 Å². The van der Waals surface area contributed by atoms with Crippen LogP contribution in [0.5, 0.6) is 0 Å². The zero-order valence-corrected chi connectivity index (χ0v) is 12.3. The van der Waals surface area contributed by atoms with Gasteiger partial charge in [-0.15, -0.1) is 0 Å².